The molecule has 0 fully saturated rings. The lowest BCUT2D eigenvalue weighted by molar-refractivity contribution is 0.185. The molecule has 0 unspecified atom stereocenters. The lowest BCUT2D eigenvalue weighted by Gasteiger charge is -2.26. The van der Waals surface area contributed by atoms with Crippen molar-refractivity contribution in [1.82, 2.24) is 4.98 Å². The van der Waals surface area contributed by atoms with Gasteiger partial charge in [0, 0.05) is 7.05 Å². The number of rotatable bonds is 3. The maximum Gasteiger partial charge on any atom is 0.151 e. The lowest BCUT2D eigenvalue weighted by Crippen LogP contribution is -2.36. The number of aromatic nitrogens is 1. The molecule has 3 nitrogen and oxygen atoms in total. The van der Waals surface area contributed by atoms with Crippen LogP contribution in [0.1, 0.15) is 13.8 Å². The minimum atomic E-state index is -0.455. The topological polar surface area (TPSA) is 34.5 Å². The lowest BCUT2D eigenvalue weighted by atomic mass is 10.1. The average Bonchev–Trinajstić information content (AvgIpc) is 2.22. The third kappa shape index (κ3) is 3.39. The SMILES string of the molecule is CN=C(SC)C(C)(C)Oc1ccc(Cl)nc1. The van der Waals surface area contributed by atoms with Crippen molar-refractivity contribution in [1.29, 1.82) is 0 Å². The molecular weight excluding hydrogens is 244 g/mol. The first-order valence-electron chi connectivity index (χ1n) is 4.81. The number of ether oxygens (including phenoxy) is 1. The zero-order valence-electron chi connectivity index (χ0n) is 9.82. The Hall–Kier alpha value is -0.740. The molecule has 1 rings (SSSR count). The van der Waals surface area contributed by atoms with Gasteiger partial charge in [-0.2, -0.15) is 0 Å². The number of hydrogen-bond acceptors (Lipinski definition) is 4. The van der Waals surface area contributed by atoms with Gasteiger partial charge in [-0.25, -0.2) is 4.98 Å². The molecule has 1 aromatic heterocycles. The zero-order chi connectivity index (χ0) is 12.2. The molecule has 0 aromatic carbocycles. The highest BCUT2D eigenvalue weighted by Crippen LogP contribution is 2.23. The van der Waals surface area contributed by atoms with Gasteiger partial charge in [0.15, 0.2) is 5.60 Å². The highest BCUT2D eigenvalue weighted by Gasteiger charge is 2.26. The highest BCUT2D eigenvalue weighted by atomic mass is 35.5. The van der Waals surface area contributed by atoms with E-state index in [2.05, 4.69) is 9.98 Å². The van der Waals surface area contributed by atoms with Crippen LogP contribution in [0.2, 0.25) is 5.15 Å². The Morgan fingerprint density at radius 1 is 1.50 bits per heavy atom. The molecule has 1 heterocycles. The van der Waals surface area contributed by atoms with Gasteiger partial charge in [-0.3, -0.25) is 4.99 Å². The summed E-state index contributed by atoms with van der Waals surface area (Å²) in [7, 11) is 1.76. The second-order valence-electron chi connectivity index (χ2n) is 3.66. The fourth-order valence-corrected chi connectivity index (χ4v) is 2.19. The largest absolute Gasteiger partial charge is 0.479 e. The Morgan fingerprint density at radius 2 is 2.19 bits per heavy atom. The van der Waals surface area contributed by atoms with Crippen LogP contribution in [0.25, 0.3) is 0 Å². The number of hydrogen-bond donors (Lipinski definition) is 0. The molecule has 1 aromatic rings. The van der Waals surface area contributed by atoms with Crippen LogP contribution in [0.4, 0.5) is 0 Å². The van der Waals surface area contributed by atoms with E-state index in [4.69, 9.17) is 16.3 Å². The molecule has 5 heteroatoms. The molecule has 0 aliphatic rings. The smallest absolute Gasteiger partial charge is 0.151 e. The Morgan fingerprint density at radius 3 is 2.62 bits per heavy atom. The van der Waals surface area contributed by atoms with Gasteiger partial charge in [-0.15, -0.1) is 11.8 Å². The van der Waals surface area contributed by atoms with Crippen LogP contribution < -0.4 is 4.74 Å². The number of halogens is 1. The van der Waals surface area contributed by atoms with Crippen molar-refractivity contribution in [2.45, 2.75) is 19.4 Å². The quantitative estimate of drug-likeness (QED) is 0.474. The standard InChI is InChI=1S/C11H15ClN2OS/c1-11(2,10(13-3)16-4)15-8-5-6-9(12)14-7-8/h5-7H,1-4H3. The van der Waals surface area contributed by atoms with Crippen LogP contribution in [0.15, 0.2) is 23.3 Å². The Bertz CT molecular complexity index is 376. The highest BCUT2D eigenvalue weighted by molar-refractivity contribution is 8.13. The zero-order valence-corrected chi connectivity index (χ0v) is 11.4. The van der Waals surface area contributed by atoms with Crippen molar-refractivity contribution in [2.24, 2.45) is 4.99 Å². The van der Waals surface area contributed by atoms with Crippen LogP contribution >= 0.6 is 23.4 Å². The predicted octanol–water partition coefficient (Wildman–Crippen LogP) is 3.28. The average molecular weight is 259 g/mol. The molecule has 0 saturated heterocycles. The third-order valence-corrected chi connectivity index (χ3v) is 3.27. The summed E-state index contributed by atoms with van der Waals surface area (Å²) in [6.07, 6.45) is 3.59. The summed E-state index contributed by atoms with van der Waals surface area (Å²) in [6, 6.07) is 3.50. The van der Waals surface area contributed by atoms with Crippen molar-refractivity contribution in [3.8, 4) is 5.75 Å². The first-order chi connectivity index (χ1) is 7.49. The van der Waals surface area contributed by atoms with E-state index in [9.17, 15) is 0 Å². The fourth-order valence-electron chi connectivity index (χ4n) is 1.37. The van der Waals surface area contributed by atoms with E-state index in [1.807, 2.05) is 20.1 Å². The normalized spacial score (nSPS) is 12.7. The summed E-state index contributed by atoms with van der Waals surface area (Å²) < 4.78 is 5.83. The number of pyridine rings is 1. The van der Waals surface area contributed by atoms with E-state index < -0.39 is 5.60 Å². The second-order valence-corrected chi connectivity index (χ2v) is 4.84. The minimum Gasteiger partial charge on any atom is -0.479 e. The number of aliphatic imine (C=N–C) groups is 1. The molecule has 0 amide bonds. The van der Waals surface area contributed by atoms with Crippen LogP contribution in [-0.4, -0.2) is 28.9 Å². The molecule has 0 bridgehead atoms. The summed E-state index contributed by atoms with van der Waals surface area (Å²) in [5.74, 6) is 0.685. The molecule has 0 radical (unpaired) electrons. The van der Waals surface area contributed by atoms with Crippen molar-refractivity contribution in [3.63, 3.8) is 0 Å². The number of thioether (sulfide) groups is 1. The van der Waals surface area contributed by atoms with Crippen LogP contribution in [-0.2, 0) is 0 Å². The first-order valence-corrected chi connectivity index (χ1v) is 6.41. The molecule has 0 atom stereocenters. The van der Waals surface area contributed by atoms with E-state index in [-0.39, 0.29) is 0 Å². The van der Waals surface area contributed by atoms with E-state index in [0.29, 0.717) is 10.9 Å². The molecular formula is C11H15ClN2OS. The van der Waals surface area contributed by atoms with Gasteiger partial charge in [0.2, 0.25) is 0 Å². The van der Waals surface area contributed by atoms with Gasteiger partial charge >= 0.3 is 0 Å². The molecule has 0 aliphatic heterocycles. The third-order valence-electron chi connectivity index (χ3n) is 1.98. The summed E-state index contributed by atoms with van der Waals surface area (Å²) >= 11 is 7.28. The summed E-state index contributed by atoms with van der Waals surface area (Å²) in [6.45, 7) is 3.95. The van der Waals surface area contributed by atoms with Crippen molar-refractivity contribution in [2.75, 3.05) is 13.3 Å². The molecule has 16 heavy (non-hydrogen) atoms. The maximum absolute atomic E-state index is 5.83. The summed E-state index contributed by atoms with van der Waals surface area (Å²) in [5.41, 5.74) is -0.455. The van der Waals surface area contributed by atoms with E-state index in [1.54, 1.807) is 37.1 Å². The van der Waals surface area contributed by atoms with Crippen molar-refractivity contribution >= 4 is 28.4 Å². The molecule has 0 saturated carbocycles. The van der Waals surface area contributed by atoms with Crippen molar-refractivity contribution < 1.29 is 4.74 Å². The van der Waals surface area contributed by atoms with E-state index >= 15 is 0 Å². The second kappa shape index (κ2) is 5.55. The minimum absolute atomic E-state index is 0.455. The van der Waals surface area contributed by atoms with Gasteiger partial charge in [-0.1, -0.05) is 11.6 Å². The molecule has 0 aliphatic carbocycles. The molecule has 0 spiro atoms. The fraction of sp³-hybridized carbons (Fsp3) is 0.455. The summed E-state index contributed by atoms with van der Waals surface area (Å²) in [4.78, 5) is 8.17. The van der Waals surface area contributed by atoms with Gasteiger partial charge in [0.25, 0.3) is 0 Å². The van der Waals surface area contributed by atoms with E-state index in [0.717, 1.165) is 5.04 Å². The first kappa shape index (κ1) is 13.3. The van der Waals surface area contributed by atoms with Crippen LogP contribution in [0, 0.1) is 0 Å². The Balaban J connectivity index is 2.83. The van der Waals surface area contributed by atoms with Crippen molar-refractivity contribution in [3.05, 3.63) is 23.5 Å². The maximum atomic E-state index is 5.83. The van der Waals surface area contributed by atoms with Gasteiger partial charge < -0.3 is 4.74 Å². The Kier molecular flexibility index (Phi) is 4.62. The predicted molar refractivity (Wildman–Crippen MR) is 70.8 cm³/mol. The van der Waals surface area contributed by atoms with Gasteiger partial charge in [0.1, 0.15) is 15.9 Å². The number of nitrogens with zero attached hydrogens (tertiary/aromatic N) is 2. The molecule has 88 valence electrons. The Labute approximate surface area is 105 Å². The van der Waals surface area contributed by atoms with Gasteiger partial charge in [0.05, 0.1) is 6.20 Å². The van der Waals surface area contributed by atoms with Gasteiger partial charge in [-0.05, 0) is 32.2 Å². The van der Waals surface area contributed by atoms with Crippen LogP contribution in [0.5, 0.6) is 5.75 Å². The monoisotopic (exact) mass is 258 g/mol. The van der Waals surface area contributed by atoms with Crippen LogP contribution in [0.3, 0.4) is 0 Å². The van der Waals surface area contributed by atoms with E-state index in [1.165, 1.54) is 0 Å². The summed E-state index contributed by atoms with van der Waals surface area (Å²) in [5, 5.41) is 1.39. The molecule has 0 N–H and O–H groups in total.